The molecule has 3 aromatic carbocycles. The number of nitrogens with one attached hydrogen (secondary N) is 1. The summed E-state index contributed by atoms with van der Waals surface area (Å²) in [7, 11) is 0. The number of benzene rings is 3. The lowest BCUT2D eigenvalue weighted by Gasteiger charge is -2.20. The number of carbonyl (C=O) groups excluding carboxylic acids is 3. The minimum atomic E-state index is -0.334. The summed E-state index contributed by atoms with van der Waals surface area (Å²) in [6, 6.07) is 21.3. The molecule has 0 aromatic heterocycles. The molecule has 3 aromatic rings. The van der Waals surface area contributed by atoms with Crippen LogP contribution in [0.5, 0.6) is 0 Å². The van der Waals surface area contributed by atoms with E-state index in [0.717, 1.165) is 0 Å². The molecule has 0 bridgehead atoms. The van der Waals surface area contributed by atoms with Crippen molar-refractivity contribution in [2.75, 3.05) is 5.32 Å². The van der Waals surface area contributed by atoms with Gasteiger partial charge in [0.15, 0.2) is 11.6 Å². The first-order valence-corrected chi connectivity index (χ1v) is 7.76. The second kappa shape index (κ2) is 5.83. The van der Waals surface area contributed by atoms with E-state index in [4.69, 9.17) is 0 Å². The Labute approximate surface area is 144 Å². The summed E-state index contributed by atoms with van der Waals surface area (Å²) < 4.78 is 0. The molecule has 0 heterocycles. The molecule has 0 spiro atoms. The van der Waals surface area contributed by atoms with Crippen LogP contribution >= 0.6 is 0 Å². The normalized spacial score (nSPS) is 12.3. The fourth-order valence-electron chi connectivity index (χ4n) is 2.96. The highest BCUT2D eigenvalue weighted by Crippen LogP contribution is 2.31. The predicted octanol–water partition coefficient (Wildman–Crippen LogP) is 3.51. The van der Waals surface area contributed by atoms with Gasteiger partial charge in [-0.05, 0) is 24.3 Å². The zero-order chi connectivity index (χ0) is 17.4. The highest BCUT2D eigenvalue weighted by molar-refractivity contribution is 6.30. The molecule has 4 heteroatoms. The Morgan fingerprint density at radius 2 is 1.56 bits per heavy atom. The molecule has 0 atom stereocenters. The number of fused-ring (bicyclic) bond motifs is 2. The summed E-state index contributed by atoms with van der Waals surface area (Å²) in [6.45, 7) is 0. The fourth-order valence-corrected chi connectivity index (χ4v) is 2.96. The number of hydrogen-bond acceptors (Lipinski definition) is 3. The van der Waals surface area contributed by atoms with Gasteiger partial charge in [-0.2, -0.15) is 0 Å². The molecule has 1 aliphatic carbocycles. The quantitative estimate of drug-likeness (QED) is 0.613. The molecule has 0 saturated carbocycles. The van der Waals surface area contributed by atoms with Crippen LogP contribution in [0, 0.1) is 6.07 Å². The average molecular weight is 326 g/mol. The number of rotatable bonds is 2. The van der Waals surface area contributed by atoms with Gasteiger partial charge < -0.3 is 5.32 Å². The van der Waals surface area contributed by atoms with Gasteiger partial charge in [-0.15, -0.1) is 0 Å². The fraction of sp³-hybridized carbons (Fsp3) is 0. The predicted molar refractivity (Wildman–Crippen MR) is 93.0 cm³/mol. The second-order valence-corrected chi connectivity index (χ2v) is 5.67. The summed E-state index contributed by atoms with van der Waals surface area (Å²) in [6.07, 6.45) is 0. The first kappa shape index (κ1) is 15.0. The van der Waals surface area contributed by atoms with E-state index in [9.17, 15) is 14.4 Å². The molecule has 1 N–H and O–H groups in total. The number of amides is 1. The minimum Gasteiger partial charge on any atom is -0.321 e. The van der Waals surface area contributed by atoms with Crippen molar-refractivity contribution < 1.29 is 14.4 Å². The minimum absolute atomic E-state index is 0.226. The SMILES string of the molecule is O=C(Nc1cccc2c1C(=O)c1ccc[c]c1C2=O)c1ccccc1. The molecule has 4 rings (SSSR count). The topological polar surface area (TPSA) is 63.2 Å². The number of hydrogen-bond donors (Lipinski definition) is 1. The Morgan fingerprint density at radius 1 is 0.800 bits per heavy atom. The zero-order valence-corrected chi connectivity index (χ0v) is 13.1. The summed E-state index contributed by atoms with van der Waals surface area (Å²) in [4.78, 5) is 38.0. The van der Waals surface area contributed by atoms with Crippen molar-refractivity contribution in [1.82, 2.24) is 0 Å². The Morgan fingerprint density at radius 3 is 2.36 bits per heavy atom. The van der Waals surface area contributed by atoms with E-state index < -0.39 is 0 Å². The Balaban J connectivity index is 1.79. The van der Waals surface area contributed by atoms with Crippen LogP contribution in [0.4, 0.5) is 5.69 Å². The smallest absolute Gasteiger partial charge is 0.255 e. The third kappa shape index (κ3) is 2.44. The summed E-state index contributed by atoms with van der Waals surface area (Å²) in [5.74, 6) is -0.883. The van der Waals surface area contributed by atoms with E-state index >= 15 is 0 Å². The maximum atomic E-state index is 12.9. The van der Waals surface area contributed by atoms with Crippen LogP contribution in [0.3, 0.4) is 0 Å². The van der Waals surface area contributed by atoms with Crippen LogP contribution in [0.2, 0.25) is 0 Å². The molecular weight excluding hydrogens is 314 g/mol. The average Bonchev–Trinajstić information content (AvgIpc) is 2.66. The van der Waals surface area contributed by atoms with Gasteiger partial charge in [0, 0.05) is 22.3 Å². The molecular formula is C21H12NO3. The first-order valence-electron chi connectivity index (χ1n) is 7.76. The first-order chi connectivity index (χ1) is 12.2. The molecule has 1 aliphatic rings. The van der Waals surface area contributed by atoms with E-state index in [0.29, 0.717) is 16.8 Å². The van der Waals surface area contributed by atoms with Gasteiger partial charge in [0.05, 0.1) is 11.3 Å². The van der Waals surface area contributed by atoms with E-state index in [2.05, 4.69) is 11.4 Å². The molecule has 0 saturated heterocycles. The van der Waals surface area contributed by atoms with Gasteiger partial charge in [0.1, 0.15) is 0 Å². The highest BCUT2D eigenvalue weighted by atomic mass is 16.2. The molecule has 0 aliphatic heterocycles. The van der Waals surface area contributed by atoms with Gasteiger partial charge in [0.2, 0.25) is 0 Å². The van der Waals surface area contributed by atoms with Gasteiger partial charge in [0.25, 0.3) is 5.91 Å². The van der Waals surface area contributed by atoms with Crippen LogP contribution in [0.1, 0.15) is 42.2 Å². The van der Waals surface area contributed by atoms with E-state index in [-0.39, 0.29) is 34.2 Å². The van der Waals surface area contributed by atoms with Crippen molar-refractivity contribution in [1.29, 1.82) is 0 Å². The van der Waals surface area contributed by atoms with E-state index in [1.807, 2.05) is 6.07 Å². The van der Waals surface area contributed by atoms with Crippen molar-refractivity contribution in [2.45, 2.75) is 0 Å². The Bertz CT molecular complexity index is 1020. The maximum absolute atomic E-state index is 12.9. The molecule has 1 radical (unpaired) electrons. The third-order valence-electron chi connectivity index (χ3n) is 4.15. The van der Waals surface area contributed by atoms with Crippen molar-refractivity contribution >= 4 is 23.2 Å². The summed E-state index contributed by atoms with van der Waals surface area (Å²) in [5, 5.41) is 2.75. The Kier molecular flexibility index (Phi) is 3.51. The maximum Gasteiger partial charge on any atom is 0.255 e. The van der Waals surface area contributed by atoms with Crippen LogP contribution in [0.15, 0.2) is 66.7 Å². The van der Waals surface area contributed by atoms with E-state index in [1.54, 1.807) is 60.7 Å². The lowest BCUT2D eigenvalue weighted by atomic mass is 9.83. The van der Waals surface area contributed by atoms with Gasteiger partial charge in [-0.25, -0.2) is 0 Å². The standard InChI is InChI=1S/C21H12NO3/c23-19-14-9-4-5-10-15(14)20(24)18-16(19)11-6-12-17(18)22-21(25)13-7-2-1-3-8-13/h1-8,10-12H,(H,22,25). The van der Waals surface area contributed by atoms with Crippen molar-refractivity contribution in [3.05, 3.63) is 101 Å². The molecule has 25 heavy (non-hydrogen) atoms. The van der Waals surface area contributed by atoms with Crippen LogP contribution in [-0.4, -0.2) is 17.5 Å². The van der Waals surface area contributed by atoms with Crippen molar-refractivity contribution in [3.63, 3.8) is 0 Å². The Hall–Kier alpha value is -3.53. The van der Waals surface area contributed by atoms with Crippen LogP contribution < -0.4 is 5.32 Å². The molecule has 119 valence electrons. The third-order valence-corrected chi connectivity index (χ3v) is 4.15. The number of carbonyl (C=O) groups is 3. The summed E-state index contributed by atoms with van der Waals surface area (Å²) >= 11 is 0. The molecule has 0 fully saturated rings. The number of anilines is 1. The lowest BCUT2D eigenvalue weighted by molar-refractivity contribution is 0.0978. The highest BCUT2D eigenvalue weighted by Gasteiger charge is 2.31. The van der Waals surface area contributed by atoms with Crippen LogP contribution in [0.25, 0.3) is 0 Å². The van der Waals surface area contributed by atoms with E-state index in [1.165, 1.54) is 0 Å². The van der Waals surface area contributed by atoms with Crippen LogP contribution in [-0.2, 0) is 0 Å². The second-order valence-electron chi connectivity index (χ2n) is 5.67. The lowest BCUT2D eigenvalue weighted by Crippen LogP contribution is -2.24. The number of ketones is 2. The largest absolute Gasteiger partial charge is 0.321 e. The molecule has 1 amide bonds. The van der Waals surface area contributed by atoms with Gasteiger partial charge >= 0.3 is 0 Å². The summed E-state index contributed by atoms with van der Waals surface area (Å²) in [5.41, 5.74) is 1.89. The zero-order valence-electron chi connectivity index (χ0n) is 13.1. The monoisotopic (exact) mass is 326 g/mol. The van der Waals surface area contributed by atoms with Gasteiger partial charge in [-0.1, -0.05) is 48.5 Å². The van der Waals surface area contributed by atoms with Gasteiger partial charge in [-0.3, -0.25) is 14.4 Å². The molecule has 0 unspecified atom stereocenters. The van der Waals surface area contributed by atoms with Crippen molar-refractivity contribution in [3.8, 4) is 0 Å². The molecule has 4 nitrogen and oxygen atoms in total. The van der Waals surface area contributed by atoms with Crippen molar-refractivity contribution in [2.24, 2.45) is 0 Å².